The number of benzene rings is 1. The van der Waals surface area contributed by atoms with Gasteiger partial charge in [0, 0.05) is 17.6 Å². The van der Waals surface area contributed by atoms with Gasteiger partial charge < -0.3 is 10.6 Å². The Bertz CT molecular complexity index is 514. The number of rotatable bonds is 5. The molecule has 21 heavy (non-hydrogen) atoms. The van der Waals surface area contributed by atoms with Gasteiger partial charge in [-0.25, -0.2) is 0 Å². The predicted octanol–water partition coefficient (Wildman–Crippen LogP) is 2.64. The Hall–Kier alpha value is -1.84. The Morgan fingerprint density at radius 3 is 2.29 bits per heavy atom. The van der Waals surface area contributed by atoms with Crippen molar-refractivity contribution in [3.05, 3.63) is 29.8 Å². The summed E-state index contributed by atoms with van der Waals surface area (Å²) in [6.45, 7) is 0. The van der Waals surface area contributed by atoms with E-state index in [1.165, 1.54) is 0 Å². The van der Waals surface area contributed by atoms with Crippen LogP contribution in [0.15, 0.2) is 24.3 Å². The SMILES string of the molecule is O=C(Cc1ccc(NC(=O)C2CCCC2)cc1)NC1CC1. The van der Waals surface area contributed by atoms with E-state index in [9.17, 15) is 9.59 Å². The van der Waals surface area contributed by atoms with Crippen molar-refractivity contribution >= 4 is 17.5 Å². The number of hydrogen-bond acceptors (Lipinski definition) is 2. The molecule has 0 unspecified atom stereocenters. The van der Waals surface area contributed by atoms with E-state index in [1.54, 1.807) is 0 Å². The highest BCUT2D eigenvalue weighted by Crippen LogP contribution is 2.26. The molecule has 0 radical (unpaired) electrons. The van der Waals surface area contributed by atoms with E-state index in [0.29, 0.717) is 12.5 Å². The Labute approximate surface area is 125 Å². The van der Waals surface area contributed by atoms with Gasteiger partial charge in [0.2, 0.25) is 11.8 Å². The molecule has 0 bridgehead atoms. The Morgan fingerprint density at radius 2 is 1.67 bits per heavy atom. The van der Waals surface area contributed by atoms with E-state index in [-0.39, 0.29) is 17.7 Å². The van der Waals surface area contributed by atoms with Crippen LogP contribution in [-0.2, 0) is 16.0 Å². The van der Waals surface area contributed by atoms with Gasteiger partial charge in [0.15, 0.2) is 0 Å². The Morgan fingerprint density at radius 1 is 1.00 bits per heavy atom. The van der Waals surface area contributed by atoms with Gasteiger partial charge >= 0.3 is 0 Å². The second-order valence-corrected chi connectivity index (χ2v) is 6.19. The highest BCUT2D eigenvalue weighted by atomic mass is 16.2. The van der Waals surface area contributed by atoms with Crippen LogP contribution in [0.1, 0.15) is 44.1 Å². The number of carbonyl (C=O) groups excluding carboxylic acids is 2. The Kier molecular flexibility index (Phi) is 4.23. The monoisotopic (exact) mass is 286 g/mol. The van der Waals surface area contributed by atoms with E-state index in [1.807, 2.05) is 24.3 Å². The quantitative estimate of drug-likeness (QED) is 0.874. The maximum Gasteiger partial charge on any atom is 0.227 e. The summed E-state index contributed by atoms with van der Waals surface area (Å²) < 4.78 is 0. The van der Waals surface area contributed by atoms with Gasteiger partial charge in [-0.1, -0.05) is 25.0 Å². The standard InChI is InChI=1S/C17H22N2O2/c20-16(18-14-9-10-14)11-12-5-7-15(8-6-12)19-17(21)13-3-1-2-4-13/h5-8,13-14H,1-4,9-11H2,(H,18,20)(H,19,21). The van der Waals surface area contributed by atoms with Gasteiger partial charge in [-0.15, -0.1) is 0 Å². The van der Waals surface area contributed by atoms with Crippen molar-refractivity contribution in [2.45, 2.75) is 51.0 Å². The third kappa shape index (κ3) is 4.06. The van der Waals surface area contributed by atoms with E-state index in [4.69, 9.17) is 0 Å². The fourth-order valence-corrected chi connectivity index (χ4v) is 2.83. The van der Waals surface area contributed by atoms with Crippen LogP contribution in [0.3, 0.4) is 0 Å². The average Bonchev–Trinajstić information content (AvgIpc) is 3.10. The fourth-order valence-electron chi connectivity index (χ4n) is 2.83. The third-order valence-electron chi connectivity index (χ3n) is 4.25. The average molecular weight is 286 g/mol. The molecular weight excluding hydrogens is 264 g/mol. The third-order valence-corrected chi connectivity index (χ3v) is 4.25. The zero-order valence-corrected chi connectivity index (χ0v) is 12.2. The van der Waals surface area contributed by atoms with Crippen molar-refractivity contribution in [3.63, 3.8) is 0 Å². The van der Waals surface area contributed by atoms with Crippen LogP contribution in [0.5, 0.6) is 0 Å². The van der Waals surface area contributed by atoms with Gasteiger partial charge in [0.05, 0.1) is 6.42 Å². The summed E-state index contributed by atoms with van der Waals surface area (Å²) in [5.74, 6) is 0.390. The summed E-state index contributed by atoms with van der Waals surface area (Å²) in [5.41, 5.74) is 1.80. The smallest absolute Gasteiger partial charge is 0.227 e. The highest BCUT2D eigenvalue weighted by molar-refractivity contribution is 5.92. The lowest BCUT2D eigenvalue weighted by atomic mass is 10.1. The van der Waals surface area contributed by atoms with Gasteiger partial charge in [0.25, 0.3) is 0 Å². The molecule has 4 heteroatoms. The molecule has 3 rings (SSSR count). The van der Waals surface area contributed by atoms with Crippen molar-refractivity contribution in [1.82, 2.24) is 5.32 Å². The molecule has 2 N–H and O–H groups in total. The Balaban J connectivity index is 1.50. The molecule has 4 nitrogen and oxygen atoms in total. The normalized spacial score (nSPS) is 18.5. The van der Waals surface area contributed by atoms with Crippen LogP contribution in [0.2, 0.25) is 0 Å². The molecule has 2 aliphatic carbocycles. The predicted molar refractivity (Wildman–Crippen MR) is 81.9 cm³/mol. The first-order chi connectivity index (χ1) is 10.2. The minimum absolute atomic E-state index is 0.0836. The summed E-state index contributed by atoms with van der Waals surface area (Å²) in [4.78, 5) is 23.7. The first-order valence-corrected chi connectivity index (χ1v) is 7.90. The number of amides is 2. The fraction of sp³-hybridized carbons (Fsp3) is 0.529. The molecule has 0 aromatic heterocycles. The first-order valence-electron chi connectivity index (χ1n) is 7.90. The summed E-state index contributed by atoms with van der Waals surface area (Å²) in [6, 6.07) is 8.00. The summed E-state index contributed by atoms with van der Waals surface area (Å²) >= 11 is 0. The molecule has 0 aliphatic heterocycles. The molecule has 2 saturated carbocycles. The summed E-state index contributed by atoms with van der Waals surface area (Å²) in [6.07, 6.45) is 6.96. The molecule has 2 fully saturated rings. The van der Waals surface area contributed by atoms with Crippen molar-refractivity contribution in [1.29, 1.82) is 0 Å². The van der Waals surface area contributed by atoms with E-state index in [2.05, 4.69) is 10.6 Å². The molecule has 0 spiro atoms. The van der Waals surface area contributed by atoms with E-state index >= 15 is 0 Å². The molecular formula is C17H22N2O2. The number of carbonyl (C=O) groups is 2. The van der Waals surface area contributed by atoms with Crippen LogP contribution in [0, 0.1) is 5.92 Å². The zero-order chi connectivity index (χ0) is 14.7. The molecule has 1 aromatic rings. The molecule has 112 valence electrons. The van der Waals surface area contributed by atoms with Crippen molar-refractivity contribution < 1.29 is 9.59 Å². The number of anilines is 1. The van der Waals surface area contributed by atoms with Crippen molar-refractivity contribution in [2.24, 2.45) is 5.92 Å². The van der Waals surface area contributed by atoms with Crippen LogP contribution < -0.4 is 10.6 Å². The van der Waals surface area contributed by atoms with Gasteiger partial charge in [0.1, 0.15) is 0 Å². The highest BCUT2D eigenvalue weighted by Gasteiger charge is 2.23. The van der Waals surface area contributed by atoms with Crippen LogP contribution >= 0.6 is 0 Å². The van der Waals surface area contributed by atoms with Crippen LogP contribution in [-0.4, -0.2) is 17.9 Å². The topological polar surface area (TPSA) is 58.2 Å². The maximum absolute atomic E-state index is 12.0. The molecule has 0 atom stereocenters. The lowest BCUT2D eigenvalue weighted by molar-refractivity contribution is -0.121. The second-order valence-electron chi connectivity index (χ2n) is 6.19. The minimum atomic E-state index is 0.0836. The van der Waals surface area contributed by atoms with Gasteiger partial charge in [-0.05, 0) is 43.4 Å². The molecule has 0 saturated heterocycles. The molecule has 0 heterocycles. The molecule has 2 aliphatic rings. The lowest BCUT2D eigenvalue weighted by Crippen LogP contribution is -2.26. The second kappa shape index (κ2) is 6.29. The number of nitrogens with one attached hydrogen (secondary N) is 2. The summed E-state index contributed by atoms with van der Waals surface area (Å²) in [7, 11) is 0. The van der Waals surface area contributed by atoms with Gasteiger partial charge in [-0.2, -0.15) is 0 Å². The van der Waals surface area contributed by atoms with Crippen LogP contribution in [0.4, 0.5) is 5.69 Å². The van der Waals surface area contributed by atoms with Crippen LogP contribution in [0.25, 0.3) is 0 Å². The molecule has 1 aromatic carbocycles. The summed E-state index contributed by atoms with van der Waals surface area (Å²) in [5, 5.41) is 5.94. The first kappa shape index (κ1) is 14.1. The van der Waals surface area contributed by atoms with Gasteiger partial charge in [-0.3, -0.25) is 9.59 Å². The van der Waals surface area contributed by atoms with Crippen molar-refractivity contribution in [2.75, 3.05) is 5.32 Å². The van der Waals surface area contributed by atoms with E-state index in [0.717, 1.165) is 49.8 Å². The minimum Gasteiger partial charge on any atom is -0.353 e. The lowest BCUT2D eigenvalue weighted by Gasteiger charge is -2.11. The molecule has 2 amide bonds. The largest absolute Gasteiger partial charge is 0.353 e. The number of hydrogen-bond donors (Lipinski definition) is 2. The van der Waals surface area contributed by atoms with E-state index < -0.39 is 0 Å². The maximum atomic E-state index is 12.0. The zero-order valence-electron chi connectivity index (χ0n) is 12.2. The van der Waals surface area contributed by atoms with Crippen molar-refractivity contribution in [3.8, 4) is 0 Å².